The molecule has 0 aliphatic heterocycles. The van der Waals surface area contributed by atoms with Crippen molar-refractivity contribution in [3.63, 3.8) is 0 Å². The highest BCUT2D eigenvalue weighted by atomic mass is 79.9. The maximum Gasteiger partial charge on any atom is 0.136 e. The van der Waals surface area contributed by atoms with Crippen LogP contribution in [0.5, 0.6) is 5.75 Å². The van der Waals surface area contributed by atoms with Gasteiger partial charge in [0.25, 0.3) is 0 Å². The van der Waals surface area contributed by atoms with Gasteiger partial charge in [-0.25, -0.2) is 4.39 Å². The molecule has 1 aliphatic carbocycles. The van der Waals surface area contributed by atoms with E-state index in [9.17, 15) is 4.39 Å². The van der Waals surface area contributed by atoms with E-state index in [0.717, 1.165) is 17.3 Å². The molecule has 0 bridgehead atoms. The third-order valence-electron chi connectivity index (χ3n) is 2.69. The van der Waals surface area contributed by atoms with Crippen molar-refractivity contribution in [1.29, 1.82) is 0 Å². The van der Waals surface area contributed by atoms with Crippen molar-refractivity contribution in [3.8, 4) is 5.75 Å². The molecule has 82 valence electrons. The predicted molar refractivity (Wildman–Crippen MR) is 60.6 cm³/mol. The number of nitrogens with one attached hydrogen (secondary N) is 1. The first-order valence-electron chi connectivity index (χ1n) is 4.98. The average Bonchev–Trinajstić information content (AvgIpc) is 2.16. The second kappa shape index (κ2) is 4.49. The van der Waals surface area contributed by atoms with Crippen LogP contribution in [0.4, 0.5) is 4.39 Å². The van der Waals surface area contributed by atoms with Crippen molar-refractivity contribution >= 4 is 15.9 Å². The highest BCUT2D eigenvalue weighted by molar-refractivity contribution is 9.10. The molecule has 0 atom stereocenters. The molecule has 2 nitrogen and oxygen atoms in total. The molecule has 1 aromatic rings. The lowest BCUT2D eigenvalue weighted by Crippen LogP contribution is -2.45. The zero-order valence-corrected chi connectivity index (χ0v) is 10.1. The van der Waals surface area contributed by atoms with E-state index in [0.29, 0.717) is 11.8 Å². The fraction of sp³-hybridized carbons (Fsp3) is 0.455. The molecule has 1 fully saturated rings. The summed E-state index contributed by atoms with van der Waals surface area (Å²) in [7, 11) is 1.94. The predicted octanol–water partition coefficient (Wildman–Crippen LogP) is 2.72. The molecular weight excluding hydrogens is 261 g/mol. The van der Waals surface area contributed by atoms with Gasteiger partial charge in [-0.3, -0.25) is 0 Å². The summed E-state index contributed by atoms with van der Waals surface area (Å²) in [5.74, 6) is 0.326. The minimum Gasteiger partial charge on any atom is -0.489 e. The molecule has 2 rings (SSSR count). The van der Waals surface area contributed by atoms with Crippen LogP contribution in [-0.2, 0) is 0 Å². The van der Waals surface area contributed by atoms with Crippen LogP contribution in [-0.4, -0.2) is 19.2 Å². The third-order valence-corrected chi connectivity index (χ3v) is 3.35. The Hall–Kier alpha value is -0.610. The van der Waals surface area contributed by atoms with Crippen molar-refractivity contribution in [3.05, 3.63) is 28.5 Å². The van der Waals surface area contributed by atoms with Gasteiger partial charge in [0.05, 0.1) is 4.47 Å². The molecule has 1 aromatic carbocycles. The Kier molecular flexibility index (Phi) is 3.26. The summed E-state index contributed by atoms with van der Waals surface area (Å²) < 4.78 is 19.4. The van der Waals surface area contributed by atoms with Crippen molar-refractivity contribution in [1.82, 2.24) is 5.32 Å². The molecule has 0 amide bonds. The van der Waals surface area contributed by atoms with Gasteiger partial charge in [0.1, 0.15) is 17.7 Å². The van der Waals surface area contributed by atoms with E-state index in [1.165, 1.54) is 12.1 Å². The summed E-state index contributed by atoms with van der Waals surface area (Å²) in [6, 6.07) is 5.03. The van der Waals surface area contributed by atoms with Gasteiger partial charge in [-0.05, 0) is 48.0 Å². The first kappa shape index (κ1) is 10.9. The quantitative estimate of drug-likeness (QED) is 0.915. The standard InChI is InChI=1S/C11H13BrFNO/c1-14-8-5-9(6-8)15-11-4-7(13)2-3-10(11)12/h2-4,8-9,14H,5-6H2,1H3. The van der Waals surface area contributed by atoms with E-state index in [4.69, 9.17) is 4.74 Å². The molecule has 0 aromatic heterocycles. The van der Waals surface area contributed by atoms with Crippen LogP contribution in [0.3, 0.4) is 0 Å². The Bertz CT molecular complexity index is 352. The zero-order chi connectivity index (χ0) is 10.8. The second-order valence-electron chi connectivity index (χ2n) is 3.77. The van der Waals surface area contributed by atoms with Crippen LogP contribution in [0.2, 0.25) is 0 Å². The van der Waals surface area contributed by atoms with Gasteiger partial charge in [-0.2, -0.15) is 0 Å². The second-order valence-corrected chi connectivity index (χ2v) is 4.63. The third kappa shape index (κ3) is 2.49. The van der Waals surface area contributed by atoms with Gasteiger partial charge in [-0.15, -0.1) is 0 Å². The molecule has 0 saturated heterocycles. The maximum atomic E-state index is 12.9. The molecule has 0 spiro atoms. The monoisotopic (exact) mass is 273 g/mol. The molecule has 4 heteroatoms. The van der Waals surface area contributed by atoms with Gasteiger partial charge >= 0.3 is 0 Å². The van der Waals surface area contributed by atoms with Gasteiger partial charge in [0.2, 0.25) is 0 Å². The summed E-state index contributed by atoms with van der Waals surface area (Å²) >= 11 is 3.34. The number of rotatable bonds is 3. The highest BCUT2D eigenvalue weighted by Crippen LogP contribution is 2.31. The number of hydrogen-bond donors (Lipinski definition) is 1. The van der Waals surface area contributed by atoms with Gasteiger partial charge in [-0.1, -0.05) is 0 Å². The Labute approximate surface area is 96.9 Å². The highest BCUT2D eigenvalue weighted by Gasteiger charge is 2.29. The topological polar surface area (TPSA) is 21.3 Å². The van der Waals surface area contributed by atoms with Crippen LogP contribution in [0.1, 0.15) is 12.8 Å². The number of ether oxygens (including phenoxy) is 1. The van der Waals surface area contributed by atoms with Crippen LogP contribution >= 0.6 is 15.9 Å². The average molecular weight is 274 g/mol. The van der Waals surface area contributed by atoms with Crippen molar-refractivity contribution in [2.45, 2.75) is 25.0 Å². The van der Waals surface area contributed by atoms with E-state index in [1.54, 1.807) is 6.07 Å². The maximum absolute atomic E-state index is 12.9. The molecule has 0 heterocycles. The van der Waals surface area contributed by atoms with Crippen LogP contribution in [0, 0.1) is 5.82 Å². The Morgan fingerprint density at radius 3 is 2.87 bits per heavy atom. The molecule has 1 aliphatic rings. The largest absolute Gasteiger partial charge is 0.489 e. The van der Waals surface area contributed by atoms with E-state index in [1.807, 2.05) is 7.05 Å². The van der Waals surface area contributed by atoms with Gasteiger partial charge < -0.3 is 10.1 Å². The van der Waals surface area contributed by atoms with Gasteiger partial charge in [0, 0.05) is 12.1 Å². The van der Waals surface area contributed by atoms with Crippen molar-refractivity contribution in [2.75, 3.05) is 7.05 Å². The minimum atomic E-state index is -0.266. The summed E-state index contributed by atoms with van der Waals surface area (Å²) in [6.45, 7) is 0. The van der Waals surface area contributed by atoms with E-state index in [2.05, 4.69) is 21.2 Å². The van der Waals surface area contributed by atoms with E-state index in [-0.39, 0.29) is 11.9 Å². The van der Waals surface area contributed by atoms with Crippen molar-refractivity contribution < 1.29 is 9.13 Å². The van der Waals surface area contributed by atoms with E-state index < -0.39 is 0 Å². The Morgan fingerprint density at radius 1 is 1.47 bits per heavy atom. The number of benzene rings is 1. The first-order valence-corrected chi connectivity index (χ1v) is 5.77. The lowest BCUT2D eigenvalue weighted by Gasteiger charge is -2.35. The Morgan fingerprint density at radius 2 is 2.20 bits per heavy atom. The van der Waals surface area contributed by atoms with Crippen molar-refractivity contribution in [2.24, 2.45) is 0 Å². The summed E-state index contributed by atoms with van der Waals surface area (Å²) in [4.78, 5) is 0. The van der Waals surface area contributed by atoms with Crippen LogP contribution in [0.15, 0.2) is 22.7 Å². The summed E-state index contributed by atoms with van der Waals surface area (Å²) in [5.41, 5.74) is 0. The number of halogens is 2. The smallest absolute Gasteiger partial charge is 0.136 e. The normalized spacial score (nSPS) is 24.7. The van der Waals surface area contributed by atoms with E-state index >= 15 is 0 Å². The molecule has 1 saturated carbocycles. The molecule has 0 radical (unpaired) electrons. The molecule has 15 heavy (non-hydrogen) atoms. The lowest BCUT2D eigenvalue weighted by atomic mass is 9.89. The number of hydrogen-bond acceptors (Lipinski definition) is 2. The molecular formula is C11H13BrFNO. The summed E-state index contributed by atoms with van der Waals surface area (Å²) in [5, 5.41) is 3.18. The SMILES string of the molecule is CNC1CC(Oc2cc(F)ccc2Br)C1. The summed E-state index contributed by atoms with van der Waals surface area (Å²) in [6.07, 6.45) is 2.18. The fourth-order valence-electron chi connectivity index (χ4n) is 1.64. The fourth-order valence-corrected chi connectivity index (χ4v) is 1.98. The minimum absolute atomic E-state index is 0.209. The van der Waals surface area contributed by atoms with Crippen LogP contribution < -0.4 is 10.1 Å². The van der Waals surface area contributed by atoms with Gasteiger partial charge in [0.15, 0.2) is 0 Å². The Balaban J connectivity index is 1.97. The molecule has 0 unspecified atom stereocenters. The molecule has 1 N–H and O–H groups in total. The lowest BCUT2D eigenvalue weighted by molar-refractivity contribution is 0.0874. The first-order chi connectivity index (χ1) is 7.19. The van der Waals surface area contributed by atoms with Crippen LogP contribution in [0.25, 0.3) is 0 Å². The zero-order valence-electron chi connectivity index (χ0n) is 8.47.